The van der Waals surface area contributed by atoms with Crippen molar-refractivity contribution in [3.63, 3.8) is 0 Å². The molecule has 0 amide bonds. The maximum atomic E-state index is 10.6. The molecule has 0 saturated carbocycles. The minimum absolute atomic E-state index is 0.0000579. The van der Waals surface area contributed by atoms with E-state index in [0.29, 0.717) is 5.69 Å². The highest BCUT2D eigenvalue weighted by Gasteiger charge is 2.10. The summed E-state index contributed by atoms with van der Waals surface area (Å²) in [4.78, 5) is 18.3. The number of anilines is 1. The molecule has 0 saturated heterocycles. The van der Waals surface area contributed by atoms with E-state index in [1.54, 1.807) is 0 Å². The molecule has 102 valence electrons. The maximum Gasteiger partial charge on any atom is 0.309 e. The molecule has 0 atom stereocenters. The summed E-state index contributed by atoms with van der Waals surface area (Å²) in [6.07, 6.45) is 0.0000579. The van der Waals surface area contributed by atoms with Gasteiger partial charge in [0.2, 0.25) is 0 Å². The molecule has 0 aliphatic heterocycles. The lowest BCUT2D eigenvalue weighted by Gasteiger charge is -2.17. The van der Waals surface area contributed by atoms with Crippen molar-refractivity contribution in [2.75, 3.05) is 31.5 Å². The van der Waals surface area contributed by atoms with Crippen molar-refractivity contribution in [2.24, 2.45) is 0 Å². The highest BCUT2D eigenvalue weighted by molar-refractivity contribution is 7.15. The Morgan fingerprint density at radius 2 is 2.11 bits per heavy atom. The third-order valence-electron chi connectivity index (χ3n) is 2.81. The predicted octanol–water partition coefficient (Wildman–Crippen LogP) is 1.83. The first-order valence-electron chi connectivity index (χ1n) is 6.21. The molecule has 18 heavy (non-hydrogen) atoms. The molecular weight excluding hydrogens is 250 g/mol. The van der Waals surface area contributed by atoms with Gasteiger partial charge < -0.3 is 15.3 Å². The lowest BCUT2D eigenvalue weighted by molar-refractivity contribution is -0.136. The first-order valence-corrected chi connectivity index (χ1v) is 7.02. The number of aryl methyl sites for hydroxylation is 1. The van der Waals surface area contributed by atoms with Crippen LogP contribution in [0.15, 0.2) is 0 Å². The van der Waals surface area contributed by atoms with Gasteiger partial charge in [-0.2, -0.15) is 0 Å². The van der Waals surface area contributed by atoms with Gasteiger partial charge in [0.1, 0.15) is 0 Å². The molecular formula is C12H21N3O2S. The largest absolute Gasteiger partial charge is 0.481 e. The summed E-state index contributed by atoms with van der Waals surface area (Å²) in [6.45, 7) is 10.1. The van der Waals surface area contributed by atoms with Crippen molar-refractivity contribution in [3.8, 4) is 0 Å². The number of carbonyl (C=O) groups is 1. The number of nitrogens with zero attached hydrogens (tertiary/aromatic N) is 2. The Morgan fingerprint density at radius 1 is 1.44 bits per heavy atom. The molecule has 6 heteroatoms. The van der Waals surface area contributed by atoms with Crippen molar-refractivity contribution >= 4 is 22.4 Å². The molecule has 0 spiro atoms. The molecule has 0 aliphatic rings. The van der Waals surface area contributed by atoms with Crippen LogP contribution < -0.4 is 5.32 Å². The van der Waals surface area contributed by atoms with Crippen LogP contribution in [0.25, 0.3) is 0 Å². The van der Waals surface area contributed by atoms with Gasteiger partial charge in [0, 0.05) is 18.0 Å². The van der Waals surface area contributed by atoms with E-state index in [1.807, 2.05) is 6.92 Å². The Morgan fingerprint density at radius 3 is 2.67 bits per heavy atom. The Balaban J connectivity index is 2.45. The fourth-order valence-electron chi connectivity index (χ4n) is 1.67. The van der Waals surface area contributed by atoms with E-state index in [1.165, 1.54) is 11.3 Å². The summed E-state index contributed by atoms with van der Waals surface area (Å²) in [5.74, 6) is -0.835. The lowest BCUT2D eigenvalue weighted by Crippen LogP contribution is -2.28. The van der Waals surface area contributed by atoms with E-state index in [-0.39, 0.29) is 6.42 Å². The van der Waals surface area contributed by atoms with E-state index in [4.69, 9.17) is 5.11 Å². The quantitative estimate of drug-likeness (QED) is 0.755. The van der Waals surface area contributed by atoms with E-state index in [2.05, 4.69) is 29.0 Å². The van der Waals surface area contributed by atoms with Gasteiger partial charge in [0.05, 0.1) is 12.1 Å². The zero-order valence-electron chi connectivity index (χ0n) is 11.2. The van der Waals surface area contributed by atoms with Crippen molar-refractivity contribution in [1.82, 2.24) is 9.88 Å². The topological polar surface area (TPSA) is 65.5 Å². The maximum absolute atomic E-state index is 10.6. The van der Waals surface area contributed by atoms with E-state index >= 15 is 0 Å². The number of thiazole rings is 1. The van der Waals surface area contributed by atoms with Crippen molar-refractivity contribution in [3.05, 3.63) is 10.6 Å². The van der Waals surface area contributed by atoms with Crippen LogP contribution in [0, 0.1) is 6.92 Å². The zero-order chi connectivity index (χ0) is 13.5. The molecule has 1 heterocycles. The number of carboxylic acids is 1. The van der Waals surface area contributed by atoms with E-state index in [9.17, 15) is 4.79 Å². The molecule has 0 aromatic carbocycles. The van der Waals surface area contributed by atoms with Gasteiger partial charge in [-0.15, -0.1) is 11.3 Å². The third kappa shape index (κ3) is 4.62. The molecule has 0 bridgehead atoms. The normalized spacial score (nSPS) is 10.9. The van der Waals surface area contributed by atoms with Crippen LogP contribution >= 0.6 is 11.3 Å². The van der Waals surface area contributed by atoms with Crippen molar-refractivity contribution < 1.29 is 9.90 Å². The first-order chi connectivity index (χ1) is 8.56. The summed E-state index contributed by atoms with van der Waals surface area (Å²) in [5, 5.41) is 12.8. The Hall–Kier alpha value is -1.14. The molecule has 0 radical (unpaired) electrons. The number of nitrogens with one attached hydrogen (secondary N) is 1. The predicted molar refractivity (Wildman–Crippen MR) is 74.5 cm³/mol. The summed E-state index contributed by atoms with van der Waals surface area (Å²) in [5.41, 5.74) is 0.665. The van der Waals surface area contributed by atoms with Gasteiger partial charge in [0.25, 0.3) is 0 Å². The Kier molecular flexibility index (Phi) is 6.07. The average molecular weight is 271 g/mol. The van der Waals surface area contributed by atoms with Crippen molar-refractivity contribution in [1.29, 1.82) is 0 Å². The molecule has 0 aliphatic carbocycles. The molecule has 1 aromatic heterocycles. The number of rotatable bonds is 8. The van der Waals surface area contributed by atoms with Gasteiger partial charge in [0.15, 0.2) is 5.13 Å². The number of hydrogen-bond acceptors (Lipinski definition) is 5. The smallest absolute Gasteiger partial charge is 0.309 e. The summed E-state index contributed by atoms with van der Waals surface area (Å²) in [6, 6.07) is 0. The second-order valence-electron chi connectivity index (χ2n) is 4.05. The number of hydrogen-bond donors (Lipinski definition) is 2. The van der Waals surface area contributed by atoms with Crippen LogP contribution in [0.5, 0.6) is 0 Å². The third-order valence-corrected chi connectivity index (χ3v) is 3.78. The minimum Gasteiger partial charge on any atom is -0.481 e. The number of carboxylic acid groups (broad SMARTS) is 1. The Labute approximate surface area is 112 Å². The zero-order valence-corrected chi connectivity index (χ0v) is 12.0. The van der Waals surface area contributed by atoms with Crippen LogP contribution in [0.3, 0.4) is 0 Å². The second kappa shape index (κ2) is 7.33. The van der Waals surface area contributed by atoms with Crippen LogP contribution in [0.4, 0.5) is 5.13 Å². The highest BCUT2D eigenvalue weighted by Crippen LogP contribution is 2.22. The van der Waals surface area contributed by atoms with Gasteiger partial charge in [-0.05, 0) is 20.0 Å². The van der Waals surface area contributed by atoms with Gasteiger partial charge in [-0.3, -0.25) is 4.79 Å². The SMILES string of the molecule is CCN(CC)CCNc1nc(CC(=O)O)c(C)s1. The monoisotopic (exact) mass is 271 g/mol. The standard InChI is InChI=1S/C12H21N3O2S/c1-4-15(5-2)7-6-13-12-14-10(8-11(16)17)9(3)18-12/h4-8H2,1-3H3,(H,13,14)(H,16,17). The second-order valence-corrected chi connectivity index (χ2v) is 5.25. The van der Waals surface area contributed by atoms with Crippen LogP contribution in [-0.2, 0) is 11.2 Å². The fraction of sp³-hybridized carbons (Fsp3) is 0.667. The molecule has 2 N–H and O–H groups in total. The van der Waals surface area contributed by atoms with Crippen LogP contribution in [0.1, 0.15) is 24.4 Å². The lowest BCUT2D eigenvalue weighted by atomic mass is 10.3. The molecule has 1 rings (SSSR count). The van der Waals surface area contributed by atoms with E-state index in [0.717, 1.165) is 36.2 Å². The summed E-state index contributed by atoms with van der Waals surface area (Å²) < 4.78 is 0. The van der Waals surface area contributed by atoms with Gasteiger partial charge in [-0.1, -0.05) is 13.8 Å². The number of likely N-dealkylation sites (N-methyl/N-ethyl adjacent to an activating group) is 1. The van der Waals surface area contributed by atoms with Crippen LogP contribution in [-0.4, -0.2) is 47.1 Å². The van der Waals surface area contributed by atoms with Gasteiger partial charge >= 0.3 is 5.97 Å². The highest BCUT2D eigenvalue weighted by atomic mass is 32.1. The molecule has 5 nitrogen and oxygen atoms in total. The van der Waals surface area contributed by atoms with Crippen LogP contribution in [0.2, 0.25) is 0 Å². The number of aromatic nitrogens is 1. The Bertz CT molecular complexity index is 389. The minimum atomic E-state index is -0.835. The van der Waals surface area contributed by atoms with Crippen molar-refractivity contribution in [2.45, 2.75) is 27.2 Å². The molecule has 0 unspecified atom stereocenters. The summed E-state index contributed by atoms with van der Waals surface area (Å²) >= 11 is 1.52. The molecule has 0 fully saturated rings. The van der Waals surface area contributed by atoms with E-state index < -0.39 is 5.97 Å². The van der Waals surface area contributed by atoms with Gasteiger partial charge in [-0.25, -0.2) is 4.98 Å². The first kappa shape index (κ1) is 14.9. The fourth-order valence-corrected chi connectivity index (χ4v) is 2.53. The number of aliphatic carboxylic acids is 1. The average Bonchev–Trinajstić information content (AvgIpc) is 2.65. The molecule has 1 aromatic rings. The summed E-state index contributed by atoms with van der Waals surface area (Å²) in [7, 11) is 0.